The summed E-state index contributed by atoms with van der Waals surface area (Å²) in [4.78, 5) is 49.2. The van der Waals surface area contributed by atoms with Crippen LogP contribution in [-0.4, -0.2) is 82.5 Å². The van der Waals surface area contributed by atoms with Crippen LogP contribution in [-0.2, 0) is 23.9 Å². The number of hydrogen-bond acceptors (Lipinski definition) is 10. The van der Waals surface area contributed by atoms with Gasteiger partial charge in [-0.3, -0.25) is 19.2 Å². The molecule has 0 aromatic carbocycles. The molecule has 6 aliphatic rings. The zero-order valence-corrected chi connectivity index (χ0v) is 36.9. The highest BCUT2D eigenvalue weighted by Crippen LogP contribution is 2.55. The van der Waals surface area contributed by atoms with Crippen molar-refractivity contribution in [3.63, 3.8) is 0 Å². The smallest absolute Gasteiger partial charge is 0.309 e. The molecule has 6 fully saturated rings. The van der Waals surface area contributed by atoms with Crippen molar-refractivity contribution in [1.82, 2.24) is 20.5 Å². The maximum absolute atomic E-state index is 12.6. The lowest BCUT2D eigenvalue weighted by molar-refractivity contribution is -0.144. The molecule has 13 nitrogen and oxygen atoms in total. The van der Waals surface area contributed by atoms with Gasteiger partial charge in [-0.25, -0.2) is 0 Å². The summed E-state index contributed by atoms with van der Waals surface area (Å²) in [6.45, 7) is 15.4. The Kier molecular flexibility index (Phi) is 13.7. The Morgan fingerprint density at radius 2 is 1.17 bits per heavy atom. The minimum atomic E-state index is -0.927. The van der Waals surface area contributed by atoms with Crippen molar-refractivity contribution in [3.8, 4) is 0 Å². The van der Waals surface area contributed by atoms with Gasteiger partial charge in [-0.1, -0.05) is 51.9 Å². The Morgan fingerprint density at radius 1 is 0.695 bits per heavy atom. The zero-order chi connectivity index (χ0) is 41.7. The highest BCUT2D eigenvalue weighted by atomic mass is 35.5. The van der Waals surface area contributed by atoms with E-state index in [-0.39, 0.29) is 55.5 Å². The van der Waals surface area contributed by atoms with E-state index in [1.807, 2.05) is 0 Å². The van der Waals surface area contributed by atoms with Crippen LogP contribution in [0.5, 0.6) is 0 Å². The van der Waals surface area contributed by atoms with Crippen molar-refractivity contribution >= 4 is 36.2 Å². The highest BCUT2D eigenvalue weighted by Gasteiger charge is 2.48. The summed E-state index contributed by atoms with van der Waals surface area (Å²) < 4.78 is 16.4. The molecule has 2 saturated heterocycles. The van der Waals surface area contributed by atoms with E-state index in [2.05, 4.69) is 61.9 Å². The molecule has 328 valence electrons. The number of aromatic nitrogens is 2. The van der Waals surface area contributed by atoms with Crippen LogP contribution in [0.15, 0.2) is 9.05 Å². The van der Waals surface area contributed by atoms with E-state index in [4.69, 9.17) is 9.05 Å². The van der Waals surface area contributed by atoms with Gasteiger partial charge in [-0.2, -0.15) is 0 Å². The predicted octanol–water partition coefficient (Wildman–Crippen LogP) is 8.35. The number of methoxy groups -OCH3 is 1. The van der Waals surface area contributed by atoms with Crippen molar-refractivity contribution < 1.29 is 43.2 Å². The number of carbonyl (C=O) groups is 4. The summed E-state index contributed by atoms with van der Waals surface area (Å²) >= 11 is 0. The fraction of sp³-hybridized carbons (Fsp3) is 0.778. The first-order chi connectivity index (χ1) is 27.4. The van der Waals surface area contributed by atoms with Crippen LogP contribution in [0, 0.1) is 34.5 Å². The van der Waals surface area contributed by atoms with Gasteiger partial charge in [0, 0.05) is 67.4 Å². The molecular weight excluding hydrogens is 776 g/mol. The van der Waals surface area contributed by atoms with Crippen LogP contribution >= 0.6 is 12.4 Å². The lowest BCUT2D eigenvalue weighted by Crippen LogP contribution is -2.30. The molecule has 59 heavy (non-hydrogen) atoms. The van der Waals surface area contributed by atoms with Crippen molar-refractivity contribution in [3.05, 3.63) is 34.0 Å². The summed E-state index contributed by atoms with van der Waals surface area (Å²) in [6.07, 6.45) is 11.6. The molecule has 0 spiro atoms. The van der Waals surface area contributed by atoms with Gasteiger partial charge in [-0.05, 0) is 98.7 Å². The number of ether oxygens (including phenoxy) is 1. The van der Waals surface area contributed by atoms with Crippen LogP contribution < -0.4 is 5.32 Å². The Labute approximate surface area is 354 Å². The molecule has 0 radical (unpaired) electrons. The van der Waals surface area contributed by atoms with E-state index < -0.39 is 23.8 Å². The van der Waals surface area contributed by atoms with Crippen LogP contribution in [0.4, 0.5) is 0 Å². The maximum atomic E-state index is 12.6. The topological polar surface area (TPSA) is 185 Å². The second-order valence-corrected chi connectivity index (χ2v) is 21.0. The molecule has 4 saturated carbocycles. The van der Waals surface area contributed by atoms with Crippen molar-refractivity contribution in [2.45, 2.75) is 154 Å². The number of esters is 1. The van der Waals surface area contributed by atoms with Gasteiger partial charge in [0.1, 0.15) is 11.5 Å². The first-order valence-corrected chi connectivity index (χ1v) is 21.9. The molecule has 2 aliphatic heterocycles. The number of rotatable bonds is 13. The van der Waals surface area contributed by atoms with Gasteiger partial charge in [0.25, 0.3) is 0 Å². The number of carboxylic acids is 2. The molecular formula is C45H67ClN4O9. The molecule has 4 atom stereocenters. The van der Waals surface area contributed by atoms with Gasteiger partial charge >= 0.3 is 17.9 Å². The second kappa shape index (κ2) is 17.9. The monoisotopic (exact) mass is 842 g/mol. The lowest BCUT2D eigenvalue weighted by Gasteiger charge is -2.38. The highest BCUT2D eigenvalue weighted by molar-refractivity contribution is 5.85. The first kappa shape index (κ1) is 45.1. The molecule has 2 aromatic heterocycles. The molecule has 2 aromatic rings. The van der Waals surface area contributed by atoms with E-state index in [9.17, 15) is 29.4 Å². The van der Waals surface area contributed by atoms with E-state index in [1.54, 1.807) is 4.90 Å². The molecule has 4 aliphatic carbocycles. The van der Waals surface area contributed by atoms with Crippen LogP contribution in [0.25, 0.3) is 0 Å². The average Bonchev–Trinajstić information content (AvgIpc) is 3.90. The average molecular weight is 844 g/mol. The van der Waals surface area contributed by atoms with Crippen molar-refractivity contribution in [1.29, 1.82) is 0 Å². The summed E-state index contributed by atoms with van der Waals surface area (Å²) in [5, 5.41) is 31.5. The van der Waals surface area contributed by atoms with Crippen LogP contribution in [0.2, 0.25) is 0 Å². The quantitative estimate of drug-likeness (QED) is 0.164. The van der Waals surface area contributed by atoms with Gasteiger partial charge in [0.2, 0.25) is 5.91 Å². The maximum Gasteiger partial charge on any atom is 0.309 e. The van der Waals surface area contributed by atoms with Gasteiger partial charge in [0.15, 0.2) is 0 Å². The summed E-state index contributed by atoms with van der Waals surface area (Å²) in [5.41, 5.74) is 4.76. The molecule has 3 N–H and O–H groups in total. The first-order valence-electron chi connectivity index (χ1n) is 21.9. The standard InChI is InChI=1S/C25H36N2O6.C20H30N2O3.ClH/c1-25(2,3)11-14-9-16(10-14)23-21(15-5-6-15)22(26-33-23)17-12-27(13-18(17)24(30)31)19(28)7-8-20(29)32-4;1-20(2,3)8-11-6-13(7-11)18-16(12-4-5-12)17(22-25-18)14-9-21-10-15(14)19(23)24;/h14-18H,5-13H2,1-4H3,(H,30,31);11-15,21H,4-10H2,1-3H3,(H,23,24);1H/t14?,16?,17-,18-;11?,13?,14-,15-;/m00./s1. The van der Waals surface area contributed by atoms with E-state index in [0.29, 0.717) is 60.1 Å². The number of hydrogen-bond donors (Lipinski definition) is 3. The molecule has 8 rings (SSSR count). The van der Waals surface area contributed by atoms with Crippen molar-refractivity contribution in [2.75, 3.05) is 33.3 Å². The van der Waals surface area contributed by atoms with Crippen LogP contribution in [0.3, 0.4) is 0 Å². The summed E-state index contributed by atoms with van der Waals surface area (Å²) in [5.74, 6) is 1.43. The van der Waals surface area contributed by atoms with Gasteiger partial charge in [-0.15, -0.1) is 12.4 Å². The number of carbonyl (C=O) groups excluding carboxylic acids is 2. The van der Waals surface area contributed by atoms with E-state index >= 15 is 0 Å². The molecule has 0 unspecified atom stereocenters. The zero-order valence-electron chi connectivity index (χ0n) is 36.1. The predicted molar refractivity (Wildman–Crippen MR) is 222 cm³/mol. The lowest BCUT2D eigenvalue weighted by atomic mass is 9.66. The van der Waals surface area contributed by atoms with Crippen molar-refractivity contribution in [2.24, 2.45) is 34.5 Å². The molecule has 14 heteroatoms. The van der Waals surface area contributed by atoms with E-state index in [0.717, 1.165) is 60.1 Å². The third kappa shape index (κ3) is 10.5. The van der Waals surface area contributed by atoms with Gasteiger partial charge in [0.05, 0.1) is 36.8 Å². The number of carboxylic acid groups (broad SMARTS) is 2. The van der Waals surface area contributed by atoms with Crippen LogP contribution in [0.1, 0.15) is 188 Å². The summed E-state index contributed by atoms with van der Waals surface area (Å²) in [7, 11) is 1.29. The second-order valence-electron chi connectivity index (χ2n) is 21.0. The largest absolute Gasteiger partial charge is 0.481 e. The fourth-order valence-corrected chi connectivity index (χ4v) is 10.5. The normalized spacial score (nSPS) is 29.1. The Morgan fingerprint density at radius 3 is 1.59 bits per heavy atom. The number of likely N-dealkylation sites (tertiary alicyclic amines) is 1. The van der Waals surface area contributed by atoms with E-state index in [1.165, 1.54) is 51.2 Å². The SMILES string of the molecule is CC(C)(C)CC1CC(c2onc([C@H]3CNC[C@@H]3C(=O)O)c2C2CC2)C1.COC(=O)CCC(=O)N1C[C@H](C(=O)O)[C@@H](c2noc(C3CC(CC(C)(C)C)C3)c2C2CC2)C1.Cl. The third-order valence-corrected chi connectivity index (χ3v) is 13.5. The fourth-order valence-electron chi connectivity index (χ4n) is 10.5. The molecule has 0 bridgehead atoms. The summed E-state index contributed by atoms with van der Waals surface area (Å²) in [6, 6.07) is 0. The Bertz CT molecular complexity index is 1820. The Hall–Kier alpha value is -3.45. The number of amides is 1. The number of nitrogens with one attached hydrogen (secondary N) is 1. The minimum absolute atomic E-state index is 0. The minimum Gasteiger partial charge on any atom is -0.481 e. The Balaban J connectivity index is 0.000000202. The number of halogens is 1. The number of aliphatic carboxylic acids is 2. The number of nitrogens with zero attached hydrogens (tertiary/aromatic N) is 3. The van der Waals surface area contributed by atoms with Gasteiger partial charge < -0.3 is 34.2 Å². The third-order valence-electron chi connectivity index (χ3n) is 13.5. The molecule has 1 amide bonds. The molecule has 4 heterocycles.